The molecule has 1 saturated heterocycles. The molecule has 4 nitrogen and oxygen atoms in total. The molecule has 0 radical (unpaired) electrons. The molecule has 0 spiro atoms. The second kappa shape index (κ2) is 5.37. The summed E-state index contributed by atoms with van der Waals surface area (Å²) in [7, 11) is 0. The zero-order valence-electron chi connectivity index (χ0n) is 8.91. The molecule has 1 fully saturated rings. The fourth-order valence-electron chi connectivity index (χ4n) is 1.57. The number of rotatable bonds is 2. The van der Waals surface area contributed by atoms with E-state index in [4.69, 9.17) is 15.2 Å². The molecule has 2 N–H and O–H groups in total. The van der Waals surface area contributed by atoms with Gasteiger partial charge in [0.2, 0.25) is 0 Å². The van der Waals surface area contributed by atoms with Gasteiger partial charge in [-0.25, -0.2) is 4.79 Å². The molecule has 0 bridgehead atoms. The van der Waals surface area contributed by atoms with Crippen molar-refractivity contribution in [3.63, 3.8) is 0 Å². The maximum absolute atomic E-state index is 11.9. The Kier molecular flexibility index (Phi) is 4.06. The molecule has 92 valence electrons. The van der Waals surface area contributed by atoms with Gasteiger partial charge >= 0.3 is 5.97 Å². The average molecular weight is 365 g/mol. The molecule has 17 heavy (non-hydrogen) atoms. The summed E-state index contributed by atoms with van der Waals surface area (Å²) in [5.41, 5.74) is 6.57. The van der Waals surface area contributed by atoms with Crippen LogP contribution in [0, 0.1) is 0 Å². The standard InChI is InChI=1S/C11H11Br2NO3/c12-6-3-8(10(14)9(13)4-6)11(15)17-7-1-2-16-5-7/h3-4,7H,1-2,5,14H2. The number of carbonyl (C=O) groups is 1. The van der Waals surface area contributed by atoms with E-state index >= 15 is 0 Å². The number of carbonyl (C=O) groups excluding carboxylic acids is 1. The Bertz CT molecular complexity index is 445. The monoisotopic (exact) mass is 363 g/mol. The lowest BCUT2D eigenvalue weighted by atomic mass is 10.2. The van der Waals surface area contributed by atoms with Crippen LogP contribution < -0.4 is 5.73 Å². The maximum Gasteiger partial charge on any atom is 0.340 e. The van der Waals surface area contributed by atoms with E-state index in [1.807, 2.05) is 0 Å². The Labute approximate surface area is 116 Å². The third kappa shape index (κ3) is 3.00. The van der Waals surface area contributed by atoms with Crippen LogP contribution in [0.15, 0.2) is 21.1 Å². The molecule has 1 aliphatic rings. The minimum absolute atomic E-state index is 0.167. The van der Waals surface area contributed by atoms with Crippen LogP contribution in [-0.2, 0) is 9.47 Å². The van der Waals surface area contributed by atoms with Crippen molar-refractivity contribution in [2.24, 2.45) is 0 Å². The molecule has 1 unspecified atom stereocenters. The Morgan fingerprint density at radius 2 is 2.24 bits per heavy atom. The van der Waals surface area contributed by atoms with E-state index in [1.54, 1.807) is 12.1 Å². The molecule has 1 aliphatic heterocycles. The quantitative estimate of drug-likeness (QED) is 0.647. The van der Waals surface area contributed by atoms with Gasteiger partial charge in [0.1, 0.15) is 6.10 Å². The van der Waals surface area contributed by atoms with Crippen LogP contribution in [0.3, 0.4) is 0 Å². The molecular formula is C11H11Br2NO3. The number of esters is 1. The molecule has 1 atom stereocenters. The van der Waals surface area contributed by atoms with Crippen LogP contribution in [0.4, 0.5) is 5.69 Å². The van der Waals surface area contributed by atoms with Gasteiger partial charge in [0.05, 0.1) is 24.5 Å². The highest BCUT2D eigenvalue weighted by molar-refractivity contribution is 9.11. The summed E-state index contributed by atoms with van der Waals surface area (Å²) in [5, 5.41) is 0. The van der Waals surface area contributed by atoms with Gasteiger partial charge in [0, 0.05) is 15.4 Å². The van der Waals surface area contributed by atoms with Crippen LogP contribution in [0.2, 0.25) is 0 Å². The average Bonchev–Trinajstić information content (AvgIpc) is 2.76. The predicted octanol–water partition coefficient (Wildman–Crippen LogP) is 2.74. The predicted molar refractivity (Wildman–Crippen MR) is 70.9 cm³/mol. The van der Waals surface area contributed by atoms with Crippen LogP contribution in [0.1, 0.15) is 16.8 Å². The van der Waals surface area contributed by atoms with Gasteiger partial charge < -0.3 is 15.2 Å². The van der Waals surface area contributed by atoms with Gasteiger partial charge in [-0.15, -0.1) is 0 Å². The lowest BCUT2D eigenvalue weighted by Crippen LogP contribution is -2.19. The number of halogens is 2. The van der Waals surface area contributed by atoms with Crippen LogP contribution in [0.5, 0.6) is 0 Å². The second-order valence-electron chi connectivity index (χ2n) is 3.74. The van der Waals surface area contributed by atoms with E-state index in [0.717, 1.165) is 10.9 Å². The third-order valence-corrected chi connectivity index (χ3v) is 3.59. The Balaban J connectivity index is 2.18. The number of ether oxygens (including phenoxy) is 2. The Morgan fingerprint density at radius 3 is 2.88 bits per heavy atom. The van der Waals surface area contributed by atoms with Crippen LogP contribution >= 0.6 is 31.9 Å². The number of anilines is 1. The van der Waals surface area contributed by atoms with Gasteiger partial charge in [0.25, 0.3) is 0 Å². The molecule has 1 aromatic carbocycles. The summed E-state index contributed by atoms with van der Waals surface area (Å²) in [5.74, 6) is -0.417. The van der Waals surface area contributed by atoms with Gasteiger partial charge in [-0.1, -0.05) is 15.9 Å². The van der Waals surface area contributed by atoms with E-state index in [2.05, 4.69) is 31.9 Å². The maximum atomic E-state index is 11.9. The van der Waals surface area contributed by atoms with E-state index in [1.165, 1.54) is 0 Å². The summed E-state index contributed by atoms with van der Waals surface area (Å²) >= 11 is 6.60. The second-order valence-corrected chi connectivity index (χ2v) is 5.51. The van der Waals surface area contributed by atoms with Gasteiger partial charge in [-0.05, 0) is 28.1 Å². The van der Waals surface area contributed by atoms with Crippen molar-refractivity contribution < 1.29 is 14.3 Å². The molecule has 0 amide bonds. The molecule has 1 heterocycles. The third-order valence-electron chi connectivity index (χ3n) is 2.48. The lowest BCUT2D eigenvalue weighted by Gasteiger charge is -2.12. The number of nitrogens with two attached hydrogens (primary N) is 1. The number of nitrogen functional groups attached to an aromatic ring is 1. The number of hydrogen-bond acceptors (Lipinski definition) is 4. The normalized spacial score (nSPS) is 19.3. The van der Waals surface area contributed by atoms with Crippen LogP contribution in [0.25, 0.3) is 0 Å². The van der Waals surface area contributed by atoms with Crippen LogP contribution in [-0.4, -0.2) is 25.3 Å². The highest BCUT2D eigenvalue weighted by atomic mass is 79.9. The molecule has 2 rings (SSSR count). The Morgan fingerprint density at radius 1 is 1.47 bits per heavy atom. The van der Waals surface area contributed by atoms with Crippen molar-refractivity contribution in [1.82, 2.24) is 0 Å². The Hall–Kier alpha value is -0.590. The summed E-state index contributed by atoms with van der Waals surface area (Å²) in [4.78, 5) is 11.9. The molecule has 0 aliphatic carbocycles. The molecule has 0 aromatic heterocycles. The topological polar surface area (TPSA) is 61.6 Å². The summed E-state index contributed by atoms with van der Waals surface area (Å²) in [6, 6.07) is 3.43. The van der Waals surface area contributed by atoms with Gasteiger partial charge in [0.15, 0.2) is 0 Å². The van der Waals surface area contributed by atoms with Crippen molar-refractivity contribution in [3.05, 3.63) is 26.6 Å². The first kappa shape index (κ1) is 12.9. The zero-order chi connectivity index (χ0) is 12.4. The lowest BCUT2D eigenvalue weighted by molar-refractivity contribution is 0.0272. The minimum atomic E-state index is -0.417. The highest BCUT2D eigenvalue weighted by Crippen LogP contribution is 2.29. The zero-order valence-corrected chi connectivity index (χ0v) is 12.1. The van der Waals surface area contributed by atoms with Gasteiger partial charge in [-0.2, -0.15) is 0 Å². The molecule has 6 heteroatoms. The van der Waals surface area contributed by atoms with Gasteiger partial charge in [-0.3, -0.25) is 0 Å². The fraction of sp³-hybridized carbons (Fsp3) is 0.364. The van der Waals surface area contributed by atoms with Crippen molar-refractivity contribution in [1.29, 1.82) is 0 Å². The van der Waals surface area contributed by atoms with Crippen molar-refractivity contribution >= 4 is 43.5 Å². The summed E-state index contributed by atoms with van der Waals surface area (Å²) < 4.78 is 11.9. The summed E-state index contributed by atoms with van der Waals surface area (Å²) in [6.07, 6.45) is 0.570. The summed E-state index contributed by atoms with van der Waals surface area (Å²) in [6.45, 7) is 1.09. The van der Waals surface area contributed by atoms with Crippen molar-refractivity contribution in [2.75, 3.05) is 18.9 Å². The molecule has 1 aromatic rings. The highest BCUT2D eigenvalue weighted by Gasteiger charge is 2.22. The fourth-order valence-corrected chi connectivity index (χ4v) is 2.80. The number of benzene rings is 1. The van der Waals surface area contributed by atoms with Crippen molar-refractivity contribution in [2.45, 2.75) is 12.5 Å². The first-order valence-electron chi connectivity index (χ1n) is 5.11. The van der Waals surface area contributed by atoms with E-state index in [-0.39, 0.29) is 6.10 Å². The van der Waals surface area contributed by atoms with Crippen molar-refractivity contribution in [3.8, 4) is 0 Å². The van der Waals surface area contributed by atoms with E-state index < -0.39 is 5.97 Å². The van der Waals surface area contributed by atoms with E-state index in [9.17, 15) is 4.79 Å². The van der Waals surface area contributed by atoms with E-state index in [0.29, 0.717) is 28.9 Å². The SMILES string of the molecule is Nc1c(Br)cc(Br)cc1C(=O)OC1CCOC1. The first-order valence-corrected chi connectivity index (χ1v) is 6.70. The minimum Gasteiger partial charge on any atom is -0.456 e. The largest absolute Gasteiger partial charge is 0.456 e. The first-order chi connectivity index (χ1) is 8.08. The smallest absolute Gasteiger partial charge is 0.340 e. The molecule has 0 saturated carbocycles. The number of hydrogen-bond donors (Lipinski definition) is 1. The molecular weight excluding hydrogens is 354 g/mol.